The van der Waals surface area contributed by atoms with Crippen LogP contribution in [-0.4, -0.2) is 25.4 Å². The van der Waals surface area contributed by atoms with E-state index in [1.165, 1.54) is 31.2 Å². The molecular formula is C19H29NO2. The van der Waals surface area contributed by atoms with Gasteiger partial charge >= 0.3 is 0 Å². The van der Waals surface area contributed by atoms with Gasteiger partial charge in [-0.05, 0) is 37.7 Å². The van der Waals surface area contributed by atoms with Crippen molar-refractivity contribution in [1.82, 2.24) is 5.32 Å². The molecule has 1 aromatic rings. The van der Waals surface area contributed by atoms with Crippen molar-refractivity contribution in [3.63, 3.8) is 0 Å². The van der Waals surface area contributed by atoms with Crippen LogP contribution in [0, 0.1) is 5.92 Å². The smallest absolute Gasteiger partial charge is 0.123 e. The zero-order chi connectivity index (χ0) is 15.2. The van der Waals surface area contributed by atoms with E-state index in [4.69, 9.17) is 9.47 Å². The monoisotopic (exact) mass is 303 g/mol. The summed E-state index contributed by atoms with van der Waals surface area (Å²) in [6.45, 7) is 4.83. The van der Waals surface area contributed by atoms with Crippen LogP contribution in [0.15, 0.2) is 24.3 Å². The fourth-order valence-corrected chi connectivity index (χ4v) is 3.62. The molecule has 2 aliphatic rings. The molecule has 3 rings (SSSR count). The Morgan fingerprint density at radius 1 is 1.18 bits per heavy atom. The normalized spacial score (nSPS) is 28.7. The van der Waals surface area contributed by atoms with Gasteiger partial charge in [-0.3, -0.25) is 0 Å². The van der Waals surface area contributed by atoms with Crippen molar-refractivity contribution in [1.29, 1.82) is 0 Å². The molecule has 1 heterocycles. The SMILES string of the molecule is CC1CCCC(NCc2ccccc2OCC2CCCO2)C1. The molecule has 3 atom stereocenters. The van der Waals surface area contributed by atoms with Gasteiger partial charge in [0, 0.05) is 24.8 Å². The van der Waals surface area contributed by atoms with Gasteiger partial charge in [0.05, 0.1) is 6.10 Å². The van der Waals surface area contributed by atoms with Crippen LogP contribution in [0.25, 0.3) is 0 Å². The minimum atomic E-state index is 0.278. The predicted molar refractivity (Wildman–Crippen MR) is 89.2 cm³/mol. The van der Waals surface area contributed by atoms with Gasteiger partial charge in [-0.2, -0.15) is 0 Å². The van der Waals surface area contributed by atoms with E-state index < -0.39 is 0 Å². The molecule has 2 fully saturated rings. The quantitative estimate of drug-likeness (QED) is 0.864. The van der Waals surface area contributed by atoms with E-state index in [2.05, 4.69) is 36.5 Å². The number of rotatable bonds is 6. The van der Waals surface area contributed by atoms with E-state index in [9.17, 15) is 0 Å². The Bertz CT molecular complexity index is 457. The van der Waals surface area contributed by atoms with Crippen molar-refractivity contribution in [2.24, 2.45) is 5.92 Å². The van der Waals surface area contributed by atoms with Crippen LogP contribution >= 0.6 is 0 Å². The van der Waals surface area contributed by atoms with Crippen LogP contribution in [0.1, 0.15) is 51.0 Å². The zero-order valence-corrected chi connectivity index (χ0v) is 13.7. The molecule has 1 aliphatic carbocycles. The maximum absolute atomic E-state index is 6.02. The van der Waals surface area contributed by atoms with Gasteiger partial charge in [0.2, 0.25) is 0 Å². The van der Waals surface area contributed by atoms with Gasteiger partial charge in [0.15, 0.2) is 0 Å². The molecule has 0 bridgehead atoms. The van der Waals surface area contributed by atoms with Crippen molar-refractivity contribution in [2.45, 2.75) is 64.1 Å². The van der Waals surface area contributed by atoms with Gasteiger partial charge in [-0.25, -0.2) is 0 Å². The first-order chi connectivity index (χ1) is 10.8. The second-order valence-electron chi connectivity index (χ2n) is 6.90. The first-order valence-corrected chi connectivity index (χ1v) is 8.87. The third kappa shape index (κ3) is 4.47. The predicted octanol–water partition coefficient (Wildman–Crippen LogP) is 3.91. The number of hydrogen-bond donors (Lipinski definition) is 1. The second kappa shape index (κ2) is 7.98. The Kier molecular flexibility index (Phi) is 5.74. The minimum Gasteiger partial charge on any atom is -0.491 e. The average Bonchev–Trinajstić information content (AvgIpc) is 3.05. The lowest BCUT2D eigenvalue weighted by atomic mass is 9.87. The molecule has 3 nitrogen and oxygen atoms in total. The molecule has 0 amide bonds. The summed E-state index contributed by atoms with van der Waals surface area (Å²) in [5.41, 5.74) is 1.26. The van der Waals surface area contributed by atoms with E-state index >= 15 is 0 Å². The lowest BCUT2D eigenvalue weighted by Gasteiger charge is -2.28. The second-order valence-corrected chi connectivity index (χ2v) is 6.90. The largest absolute Gasteiger partial charge is 0.491 e. The maximum atomic E-state index is 6.02. The molecule has 1 aromatic carbocycles. The topological polar surface area (TPSA) is 30.5 Å². The molecule has 122 valence electrons. The molecule has 0 aromatic heterocycles. The van der Waals surface area contributed by atoms with Gasteiger partial charge in [-0.1, -0.05) is 38.0 Å². The van der Waals surface area contributed by atoms with Crippen LogP contribution in [-0.2, 0) is 11.3 Å². The standard InChI is InChI=1S/C19H29NO2/c1-15-6-4-8-17(12-15)20-13-16-7-2-3-10-19(16)22-14-18-9-5-11-21-18/h2-3,7,10,15,17-18,20H,4-6,8-9,11-14H2,1H3. The Morgan fingerprint density at radius 2 is 2.09 bits per heavy atom. The molecule has 3 unspecified atom stereocenters. The first kappa shape index (κ1) is 15.8. The summed E-state index contributed by atoms with van der Waals surface area (Å²) in [5.74, 6) is 1.87. The molecule has 1 N–H and O–H groups in total. The molecule has 22 heavy (non-hydrogen) atoms. The molecule has 1 saturated heterocycles. The highest BCUT2D eigenvalue weighted by molar-refractivity contribution is 5.33. The third-order valence-electron chi connectivity index (χ3n) is 4.94. The Hall–Kier alpha value is -1.06. The summed E-state index contributed by atoms with van der Waals surface area (Å²) in [5, 5.41) is 3.73. The molecule has 1 aliphatic heterocycles. The van der Waals surface area contributed by atoms with Crippen molar-refractivity contribution in [2.75, 3.05) is 13.2 Å². The summed E-state index contributed by atoms with van der Waals surface area (Å²) in [6, 6.07) is 9.06. The van der Waals surface area contributed by atoms with Crippen LogP contribution in [0.3, 0.4) is 0 Å². The summed E-state index contributed by atoms with van der Waals surface area (Å²) < 4.78 is 11.7. The number of para-hydroxylation sites is 1. The van der Waals surface area contributed by atoms with Gasteiger partial charge in [0.25, 0.3) is 0 Å². The van der Waals surface area contributed by atoms with Gasteiger partial charge in [0.1, 0.15) is 12.4 Å². The number of hydrogen-bond acceptors (Lipinski definition) is 3. The van der Waals surface area contributed by atoms with Crippen molar-refractivity contribution < 1.29 is 9.47 Å². The van der Waals surface area contributed by atoms with Crippen LogP contribution in [0.4, 0.5) is 0 Å². The van der Waals surface area contributed by atoms with Crippen LogP contribution < -0.4 is 10.1 Å². The molecule has 1 saturated carbocycles. The highest BCUT2D eigenvalue weighted by Gasteiger charge is 2.19. The molecule has 3 heteroatoms. The van der Waals surface area contributed by atoms with E-state index in [-0.39, 0.29) is 6.10 Å². The number of ether oxygens (including phenoxy) is 2. The van der Waals surface area contributed by atoms with Crippen molar-refractivity contribution >= 4 is 0 Å². The Morgan fingerprint density at radius 3 is 2.91 bits per heavy atom. The Balaban J connectivity index is 1.51. The summed E-state index contributed by atoms with van der Waals surface area (Å²) >= 11 is 0. The molecule has 0 spiro atoms. The Labute approximate surface area is 134 Å². The number of benzene rings is 1. The molecular weight excluding hydrogens is 274 g/mol. The molecule has 0 radical (unpaired) electrons. The fourth-order valence-electron chi connectivity index (χ4n) is 3.62. The van der Waals surface area contributed by atoms with E-state index in [0.717, 1.165) is 37.7 Å². The highest BCUT2D eigenvalue weighted by atomic mass is 16.5. The van der Waals surface area contributed by atoms with Crippen LogP contribution in [0.2, 0.25) is 0 Å². The van der Waals surface area contributed by atoms with Crippen molar-refractivity contribution in [3.05, 3.63) is 29.8 Å². The summed E-state index contributed by atoms with van der Waals surface area (Å²) in [7, 11) is 0. The lowest BCUT2D eigenvalue weighted by Crippen LogP contribution is -2.33. The van der Waals surface area contributed by atoms with Crippen molar-refractivity contribution in [3.8, 4) is 5.75 Å². The lowest BCUT2D eigenvalue weighted by molar-refractivity contribution is 0.0675. The average molecular weight is 303 g/mol. The summed E-state index contributed by atoms with van der Waals surface area (Å²) in [4.78, 5) is 0. The van der Waals surface area contributed by atoms with Crippen LogP contribution in [0.5, 0.6) is 5.75 Å². The zero-order valence-electron chi connectivity index (χ0n) is 13.7. The minimum absolute atomic E-state index is 0.278. The number of nitrogens with one attached hydrogen (secondary N) is 1. The van der Waals surface area contributed by atoms with Gasteiger partial charge in [-0.15, -0.1) is 0 Å². The third-order valence-corrected chi connectivity index (χ3v) is 4.94. The van der Waals surface area contributed by atoms with Gasteiger partial charge < -0.3 is 14.8 Å². The first-order valence-electron chi connectivity index (χ1n) is 8.87. The van der Waals surface area contributed by atoms with E-state index in [1.54, 1.807) is 0 Å². The van der Waals surface area contributed by atoms with E-state index in [1.807, 2.05) is 0 Å². The summed E-state index contributed by atoms with van der Waals surface area (Å²) in [6.07, 6.45) is 7.93. The fraction of sp³-hybridized carbons (Fsp3) is 0.684. The maximum Gasteiger partial charge on any atom is 0.123 e. The highest BCUT2D eigenvalue weighted by Crippen LogP contribution is 2.25. The van der Waals surface area contributed by atoms with E-state index in [0.29, 0.717) is 12.6 Å².